The number of halogens is 2. The van der Waals surface area contributed by atoms with Gasteiger partial charge in [0.15, 0.2) is 6.29 Å². The summed E-state index contributed by atoms with van der Waals surface area (Å²) in [5.74, 6) is -4.52. The van der Waals surface area contributed by atoms with Gasteiger partial charge in [0.1, 0.15) is 0 Å². The Hall–Kier alpha value is -2.38. The number of likely N-dealkylation sites (tertiary alicyclic amines) is 1. The standard InChI is InChI=1S/C26H31F2NO3S/c1-19-16-23(33-24(19)18-30)12-7-15-29-21(17-26(27,28)25(29)32)13-14-22(31)11-6-5-10-20-8-3-2-4-9-20/h2-4,8-9,13-14,16,18,21-22,31H,5-7,10-12,15,17H2,1H3/b14-13+/t21-,22-/m0/s1. The second kappa shape index (κ2) is 11.7. The third-order valence-electron chi connectivity index (χ3n) is 5.99. The third-order valence-corrected chi connectivity index (χ3v) is 7.21. The van der Waals surface area contributed by atoms with Crippen molar-refractivity contribution in [3.05, 3.63) is 69.4 Å². The van der Waals surface area contributed by atoms with Gasteiger partial charge in [0.05, 0.1) is 17.0 Å². The lowest BCUT2D eigenvalue weighted by Crippen LogP contribution is -2.36. The highest BCUT2D eigenvalue weighted by molar-refractivity contribution is 7.13. The molecule has 1 amide bonds. The number of unbranched alkanes of at least 4 members (excludes halogenated alkanes) is 1. The predicted octanol–water partition coefficient (Wildman–Crippen LogP) is 5.37. The van der Waals surface area contributed by atoms with Crippen LogP contribution in [0.1, 0.15) is 57.8 Å². The van der Waals surface area contributed by atoms with E-state index in [1.54, 1.807) is 12.2 Å². The number of carbonyl (C=O) groups is 2. The fraction of sp³-hybridized carbons (Fsp3) is 0.462. The van der Waals surface area contributed by atoms with Gasteiger partial charge in [-0.2, -0.15) is 8.78 Å². The number of rotatable bonds is 12. The second-order valence-electron chi connectivity index (χ2n) is 8.64. The minimum Gasteiger partial charge on any atom is -0.389 e. The number of aliphatic hydroxyl groups excluding tert-OH is 1. The number of aryl methyl sites for hydroxylation is 3. The summed E-state index contributed by atoms with van der Waals surface area (Å²) in [5, 5.41) is 10.3. The van der Waals surface area contributed by atoms with Crippen LogP contribution in [0.25, 0.3) is 0 Å². The van der Waals surface area contributed by atoms with E-state index in [0.29, 0.717) is 24.1 Å². The van der Waals surface area contributed by atoms with Gasteiger partial charge in [-0.05, 0) is 56.2 Å². The summed E-state index contributed by atoms with van der Waals surface area (Å²) in [4.78, 5) is 26.1. The highest BCUT2D eigenvalue weighted by Crippen LogP contribution is 2.34. The zero-order chi connectivity index (χ0) is 23.8. The lowest BCUT2D eigenvalue weighted by molar-refractivity contribution is -0.148. The largest absolute Gasteiger partial charge is 0.389 e. The number of aldehydes is 1. The molecule has 2 heterocycles. The van der Waals surface area contributed by atoms with Crippen LogP contribution in [-0.2, 0) is 17.6 Å². The first-order chi connectivity index (χ1) is 15.8. The van der Waals surface area contributed by atoms with Crippen molar-refractivity contribution in [3.8, 4) is 0 Å². The smallest absolute Gasteiger partial charge is 0.327 e. The molecule has 0 bridgehead atoms. The SMILES string of the molecule is Cc1cc(CCCN2C(=O)C(F)(F)C[C@@H]2/C=C/[C@@H](O)CCCCc2ccccc2)sc1C=O. The molecule has 0 saturated carbocycles. The second-order valence-corrected chi connectivity index (χ2v) is 9.81. The third kappa shape index (κ3) is 7.05. The Morgan fingerprint density at radius 2 is 1.97 bits per heavy atom. The summed E-state index contributed by atoms with van der Waals surface area (Å²) in [6.45, 7) is 2.08. The average molecular weight is 476 g/mol. The van der Waals surface area contributed by atoms with Gasteiger partial charge in [-0.1, -0.05) is 48.9 Å². The molecule has 178 valence electrons. The Morgan fingerprint density at radius 1 is 1.21 bits per heavy atom. The number of alkyl halides is 2. The summed E-state index contributed by atoms with van der Waals surface area (Å²) in [7, 11) is 0. The van der Waals surface area contributed by atoms with Crippen LogP contribution in [0.4, 0.5) is 8.78 Å². The van der Waals surface area contributed by atoms with Crippen molar-refractivity contribution in [2.45, 2.75) is 69.9 Å². The molecule has 33 heavy (non-hydrogen) atoms. The minimum absolute atomic E-state index is 0.212. The van der Waals surface area contributed by atoms with Gasteiger partial charge >= 0.3 is 5.92 Å². The molecule has 7 heteroatoms. The fourth-order valence-corrected chi connectivity index (χ4v) is 5.20. The van der Waals surface area contributed by atoms with E-state index in [-0.39, 0.29) is 6.54 Å². The average Bonchev–Trinajstić information content (AvgIpc) is 3.26. The number of hydrogen-bond acceptors (Lipinski definition) is 4. The maximum atomic E-state index is 14.1. The molecule has 1 fully saturated rings. The molecule has 0 aliphatic carbocycles. The molecule has 0 unspecified atom stereocenters. The summed E-state index contributed by atoms with van der Waals surface area (Å²) < 4.78 is 28.2. The van der Waals surface area contributed by atoms with Crippen LogP contribution in [0.3, 0.4) is 0 Å². The van der Waals surface area contributed by atoms with Crippen LogP contribution in [-0.4, -0.2) is 46.8 Å². The molecule has 2 aromatic rings. The number of amides is 1. The number of aliphatic hydroxyl groups is 1. The summed E-state index contributed by atoms with van der Waals surface area (Å²) in [6, 6.07) is 11.3. The molecule has 1 aromatic carbocycles. The highest BCUT2D eigenvalue weighted by atomic mass is 32.1. The van der Waals surface area contributed by atoms with Crippen LogP contribution in [0.5, 0.6) is 0 Å². The Labute approximate surface area is 197 Å². The zero-order valence-electron chi connectivity index (χ0n) is 18.9. The van der Waals surface area contributed by atoms with Gasteiger partial charge in [-0.3, -0.25) is 9.59 Å². The first kappa shape index (κ1) is 25.2. The van der Waals surface area contributed by atoms with E-state index in [9.17, 15) is 23.5 Å². The van der Waals surface area contributed by atoms with Crippen molar-refractivity contribution < 1.29 is 23.5 Å². The quantitative estimate of drug-likeness (QED) is 0.255. The van der Waals surface area contributed by atoms with Crippen molar-refractivity contribution >= 4 is 23.5 Å². The Bertz CT molecular complexity index is 958. The monoisotopic (exact) mass is 475 g/mol. The molecular weight excluding hydrogens is 444 g/mol. The molecule has 1 aromatic heterocycles. The minimum atomic E-state index is -3.38. The van der Waals surface area contributed by atoms with E-state index in [1.165, 1.54) is 21.8 Å². The highest BCUT2D eigenvalue weighted by Gasteiger charge is 2.52. The van der Waals surface area contributed by atoms with E-state index in [1.807, 2.05) is 31.2 Å². The maximum absolute atomic E-state index is 14.1. The lowest BCUT2D eigenvalue weighted by Gasteiger charge is -2.22. The Balaban J connectivity index is 1.48. The number of benzene rings is 1. The van der Waals surface area contributed by atoms with E-state index in [4.69, 9.17) is 0 Å². The first-order valence-electron chi connectivity index (χ1n) is 11.4. The van der Waals surface area contributed by atoms with Gasteiger partial charge in [0, 0.05) is 17.8 Å². The van der Waals surface area contributed by atoms with Gasteiger partial charge in [-0.25, -0.2) is 0 Å². The van der Waals surface area contributed by atoms with E-state index in [0.717, 1.165) is 36.0 Å². The number of hydrogen-bond donors (Lipinski definition) is 1. The molecular formula is C26H31F2NO3S. The predicted molar refractivity (Wildman–Crippen MR) is 127 cm³/mol. The maximum Gasteiger partial charge on any atom is 0.327 e. The van der Waals surface area contributed by atoms with Crippen LogP contribution in [0, 0.1) is 6.92 Å². The molecule has 1 N–H and O–H groups in total. The van der Waals surface area contributed by atoms with Crippen molar-refractivity contribution in [1.82, 2.24) is 4.90 Å². The van der Waals surface area contributed by atoms with Gasteiger partial charge < -0.3 is 10.0 Å². The summed E-state index contributed by atoms with van der Waals surface area (Å²) >= 11 is 1.40. The Morgan fingerprint density at radius 3 is 2.67 bits per heavy atom. The number of carbonyl (C=O) groups excluding carboxylic acids is 2. The molecule has 1 aliphatic rings. The van der Waals surface area contributed by atoms with Crippen LogP contribution in [0.15, 0.2) is 48.6 Å². The van der Waals surface area contributed by atoms with Crippen molar-refractivity contribution in [2.24, 2.45) is 0 Å². The van der Waals surface area contributed by atoms with Gasteiger partial charge in [0.2, 0.25) is 0 Å². The van der Waals surface area contributed by atoms with Gasteiger partial charge in [-0.15, -0.1) is 11.3 Å². The van der Waals surface area contributed by atoms with E-state index < -0.39 is 30.4 Å². The van der Waals surface area contributed by atoms with Crippen LogP contribution in [0.2, 0.25) is 0 Å². The molecule has 3 rings (SSSR count). The first-order valence-corrected chi connectivity index (χ1v) is 12.3. The fourth-order valence-electron chi connectivity index (χ4n) is 4.17. The zero-order valence-corrected chi connectivity index (χ0v) is 19.7. The summed E-state index contributed by atoms with van der Waals surface area (Å²) in [5.41, 5.74) is 2.16. The molecule has 1 saturated heterocycles. The van der Waals surface area contributed by atoms with Crippen LogP contribution < -0.4 is 0 Å². The van der Waals surface area contributed by atoms with Crippen molar-refractivity contribution in [1.29, 1.82) is 0 Å². The Kier molecular flexibility index (Phi) is 8.92. The molecule has 0 radical (unpaired) electrons. The van der Waals surface area contributed by atoms with Crippen molar-refractivity contribution in [2.75, 3.05) is 6.54 Å². The lowest BCUT2D eigenvalue weighted by atomic mass is 10.0. The number of nitrogens with zero attached hydrogens (tertiary/aromatic N) is 1. The topological polar surface area (TPSA) is 57.6 Å². The normalized spacial score (nSPS) is 18.8. The van der Waals surface area contributed by atoms with E-state index in [2.05, 4.69) is 12.1 Å². The summed E-state index contributed by atoms with van der Waals surface area (Å²) in [6.07, 6.45) is 7.06. The van der Waals surface area contributed by atoms with E-state index >= 15 is 0 Å². The molecule has 1 aliphatic heterocycles. The molecule has 2 atom stereocenters. The van der Waals surface area contributed by atoms with Crippen LogP contribution >= 0.6 is 11.3 Å². The number of thiophene rings is 1. The van der Waals surface area contributed by atoms with Gasteiger partial charge in [0.25, 0.3) is 5.91 Å². The van der Waals surface area contributed by atoms with Crippen molar-refractivity contribution in [3.63, 3.8) is 0 Å². The molecule has 0 spiro atoms. The molecule has 4 nitrogen and oxygen atoms in total.